The van der Waals surface area contributed by atoms with Gasteiger partial charge in [0.15, 0.2) is 0 Å². The number of benzene rings is 2. The molecule has 1 heteroatoms. The van der Waals surface area contributed by atoms with E-state index in [0.29, 0.717) is 0 Å². The Labute approximate surface area is 107 Å². The van der Waals surface area contributed by atoms with Gasteiger partial charge in [-0.3, -0.25) is 0 Å². The van der Waals surface area contributed by atoms with Crippen LogP contribution in [-0.2, 0) is 0 Å². The van der Waals surface area contributed by atoms with Crippen LogP contribution in [0.4, 0.5) is 0 Å². The van der Waals surface area contributed by atoms with Crippen molar-refractivity contribution in [1.29, 1.82) is 0 Å². The van der Waals surface area contributed by atoms with Gasteiger partial charge in [0.05, 0.1) is 5.69 Å². The van der Waals surface area contributed by atoms with Crippen molar-refractivity contribution in [2.45, 2.75) is 6.92 Å². The average Bonchev–Trinajstić information content (AvgIpc) is 2.90. The van der Waals surface area contributed by atoms with Crippen molar-refractivity contribution in [1.82, 2.24) is 4.98 Å². The molecule has 0 saturated heterocycles. The third kappa shape index (κ3) is 1.95. The molecule has 1 heterocycles. The zero-order valence-electron chi connectivity index (χ0n) is 10.4. The third-order valence-electron chi connectivity index (χ3n) is 3.17. The first-order valence-electron chi connectivity index (χ1n) is 6.14. The lowest BCUT2D eigenvalue weighted by Gasteiger charge is -2.05. The number of hydrogen-bond donors (Lipinski definition) is 1. The molecule has 1 aromatic heterocycles. The van der Waals surface area contributed by atoms with Crippen molar-refractivity contribution in [3.05, 3.63) is 72.4 Å². The second-order valence-corrected chi connectivity index (χ2v) is 4.50. The topological polar surface area (TPSA) is 15.8 Å². The Kier molecular flexibility index (Phi) is 2.73. The van der Waals surface area contributed by atoms with Crippen LogP contribution in [0.5, 0.6) is 0 Å². The van der Waals surface area contributed by atoms with Crippen molar-refractivity contribution in [3.63, 3.8) is 0 Å². The molecule has 0 atom stereocenters. The molecule has 88 valence electrons. The fourth-order valence-corrected chi connectivity index (χ4v) is 2.19. The summed E-state index contributed by atoms with van der Waals surface area (Å²) in [6, 6.07) is 21.2. The summed E-state index contributed by atoms with van der Waals surface area (Å²) in [6.07, 6.45) is 2.00. The van der Waals surface area contributed by atoms with Crippen LogP contribution in [0, 0.1) is 6.92 Å². The van der Waals surface area contributed by atoms with Gasteiger partial charge in [0.25, 0.3) is 0 Å². The summed E-state index contributed by atoms with van der Waals surface area (Å²) in [4.78, 5) is 3.34. The Morgan fingerprint density at radius 1 is 0.722 bits per heavy atom. The first kappa shape index (κ1) is 10.8. The lowest BCUT2D eigenvalue weighted by Crippen LogP contribution is -1.82. The number of aryl methyl sites for hydroxylation is 1. The summed E-state index contributed by atoms with van der Waals surface area (Å²) in [6.45, 7) is 2.11. The van der Waals surface area contributed by atoms with Gasteiger partial charge in [0.1, 0.15) is 0 Å². The summed E-state index contributed by atoms with van der Waals surface area (Å²) >= 11 is 0. The maximum Gasteiger partial charge on any atom is 0.0533 e. The predicted octanol–water partition coefficient (Wildman–Crippen LogP) is 4.66. The second-order valence-electron chi connectivity index (χ2n) is 4.50. The highest BCUT2D eigenvalue weighted by Crippen LogP contribution is 2.30. The van der Waals surface area contributed by atoms with E-state index in [1.54, 1.807) is 0 Å². The van der Waals surface area contributed by atoms with Gasteiger partial charge in [-0.2, -0.15) is 0 Å². The minimum Gasteiger partial charge on any atom is -0.361 e. The smallest absolute Gasteiger partial charge is 0.0533 e. The largest absolute Gasteiger partial charge is 0.361 e. The quantitative estimate of drug-likeness (QED) is 0.662. The van der Waals surface area contributed by atoms with Crippen LogP contribution in [0.15, 0.2) is 66.9 Å². The van der Waals surface area contributed by atoms with E-state index >= 15 is 0 Å². The Bertz CT molecular complexity index is 633. The molecule has 0 saturated carbocycles. The predicted molar refractivity (Wildman–Crippen MR) is 76.4 cm³/mol. The lowest BCUT2D eigenvalue weighted by molar-refractivity contribution is 1.39. The summed E-state index contributed by atoms with van der Waals surface area (Å²) in [5, 5.41) is 0. The van der Waals surface area contributed by atoms with Crippen molar-refractivity contribution in [2.75, 3.05) is 0 Å². The monoisotopic (exact) mass is 233 g/mol. The van der Waals surface area contributed by atoms with Gasteiger partial charge in [-0.25, -0.2) is 0 Å². The van der Waals surface area contributed by atoms with E-state index in [1.807, 2.05) is 12.3 Å². The normalized spacial score (nSPS) is 10.5. The molecule has 0 radical (unpaired) electrons. The molecular weight excluding hydrogens is 218 g/mol. The second kappa shape index (κ2) is 4.53. The molecule has 0 bridgehead atoms. The molecular formula is C17H15N. The first-order chi connectivity index (χ1) is 8.84. The number of hydrogen-bond acceptors (Lipinski definition) is 0. The molecule has 18 heavy (non-hydrogen) atoms. The number of aromatic nitrogens is 1. The summed E-state index contributed by atoms with van der Waals surface area (Å²) in [5.74, 6) is 0. The Balaban J connectivity index is 2.10. The van der Waals surface area contributed by atoms with Crippen molar-refractivity contribution >= 4 is 0 Å². The molecule has 0 spiro atoms. The van der Waals surface area contributed by atoms with Crippen LogP contribution in [0.2, 0.25) is 0 Å². The maximum atomic E-state index is 3.34. The van der Waals surface area contributed by atoms with E-state index in [9.17, 15) is 0 Å². The molecule has 1 N–H and O–H groups in total. The number of H-pyrrole nitrogens is 1. The van der Waals surface area contributed by atoms with Gasteiger partial charge in [-0.1, -0.05) is 60.2 Å². The van der Waals surface area contributed by atoms with Gasteiger partial charge >= 0.3 is 0 Å². The molecule has 0 fully saturated rings. The molecule has 0 amide bonds. The minimum atomic E-state index is 1.18. The van der Waals surface area contributed by atoms with Crippen LogP contribution in [0.3, 0.4) is 0 Å². The van der Waals surface area contributed by atoms with Crippen molar-refractivity contribution < 1.29 is 0 Å². The van der Waals surface area contributed by atoms with E-state index < -0.39 is 0 Å². The molecule has 0 aliphatic carbocycles. The highest BCUT2D eigenvalue weighted by molar-refractivity contribution is 5.81. The van der Waals surface area contributed by atoms with E-state index in [1.165, 1.54) is 27.9 Å². The molecule has 0 aliphatic heterocycles. The van der Waals surface area contributed by atoms with Gasteiger partial charge in [0.2, 0.25) is 0 Å². The lowest BCUT2D eigenvalue weighted by atomic mass is 10.0. The van der Waals surface area contributed by atoms with E-state index in [0.717, 1.165) is 0 Å². The van der Waals surface area contributed by atoms with E-state index in [4.69, 9.17) is 0 Å². The zero-order valence-corrected chi connectivity index (χ0v) is 10.4. The Morgan fingerprint density at radius 3 is 2.17 bits per heavy atom. The SMILES string of the molecule is Cc1ccc(-c2[nH]ccc2-c2ccccc2)cc1. The van der Waals surface area contributed by atoms with E-state index in [2.05, 4.69) is 66.5 Å². The van der Waals surface area contributed by atoms with Crippen LogP contribution in [0.25, 0.3) is 22.4 Å². The molecule has 0 unspecified atom stereocenters. The molecule has 3 aromatic rings. The van der Waals surface area contributed by atoms with Gasteiger partial charge in [-0.05, 0) is 24.1 Å². The fourth-order valence-electron chi connectivity index (χ4n) is 2.19. The van der Waals surface area contributed by atoms with E-state index in [-0.39, 0.29) is 0 Å². The van der Waals surface area contributed by atoms with Crippen LogP contribution < -0.4 is 0 Å². The summed E-state index contributed by atoms with van der Waals surface area (Å²) in [7, 11) is 0. The highest BCUT2D eigenvalue weighted by atomic mass is 14.7. The summed E-state index contributed by atoms with van der Waals surface area (Å²) in [5.41, 5.74) is 6.19. The highest BCUT2D eigenvalue weighted by Gasteiger charge is 2.07. The molecule has 2 aromatic carbocycles. The van der Waals surface area contributed by atoms with Crippen LogP contribution >= 0.6 is 0 Å². The van der Waals surface area contributed by atoms with Crippen molar-refractivity contribution in [2.24, 2.45) is 0 Å². The molecule has 1 nitrogen and oxygen atoms in total. The average molecular weight is 233 g/mol. The number of nitrogens with one attached hydrogen (secondary N) is 1. The zero-order chi connectivity index (χ0) is 12.4. The summed E-state index contributed by atoms with van der Waals surface area (Å²) < 4.78 is 0. The van der Waals surface area contributed by atoms with Crippen LogP contribution in [0.1, 0.15) is 5.56 Å². The fraction of sp³-hybridized carbons (Fsp3) is 0.0588. The third-order valence-corrected chi connectivity index (χ3v) is 3.17. The van der Waals surface area contributed by atoms with Gasteiger partial charge in [-0.15, -0.1) is 0 Å². The standard InChI is InChI=1S/C17H15N/c1-13-7-9-15(10-8-13)17-16(11-12-18-17)14-5-3-2-4-6-14/h2-12,18H,1H3. The maximum absolute atomic E-state index is 3.34. The molecule has 0 aliphatic rings. The Morgan fingerprint density at radius 2 is 1.44 bits per heavy atom. The van der Waals surface area contributed by atoms with Crippen LogP contribution in [-0.4, -0.2) is 4.98 Å². The van der Waals surface area contributed by atoms with Crippen molar-refractivity contribution in [3.8, 4) is 22.4 Å². The number of rotatable bonds is 2. The number of aromatic amines is 1. The molecule has 3 rings (SSSR count). The Hall–Kier alpha value is -2.28. The minimum absolute atomic E-state index is 1.18. The van der Waals surface area contributed by atoms with Gasteiger partial charge in [0, 0.05) is 11.8 Å². The van der Waals surface area contributed by atoms with Gasteiger partial charge < -0.3 is 4.98 Å². The first-order valence-corrected chi connectivity index (χ1v) is 6.14.